The highest BCUT2D eigenvalue weighted by atomic mass is 19.4. The highest BCUT2D eigenvalue weighted by molar-refractivity contribution is 6.22. The van der Waals surface area contributed by atoms with Crippen molar-refractivity contribution in [2.75, 3.05) is 0 Å². The third-order valence-corrected chi connectivity index (χ3v) is 3.04. The topological polar surface area (TPSA) is 17.1 Å². The first-order valence-corrected chi connectivity index (χ1v) is 5.34. The normalized spacial score (nSPS) is 14.8. The molecule has 0 aromatic heterocycles. The number of rotatable bonds is 0. The Balaban J connectivity index is 2.44. The van der Waals surface area contributed by atoms with E-state index in [4.69, 9.17) is 0 Å². The molecule has 0 aliphatic heterocycles. The minimum Gasteiger partial charge on any atom is -0.289 e. The SMILES string of the molecule is O=C1C=C(C(F)(F)F)c2cccc3cccc1c23. The summed E-state index contributed by atoms with van der Waals surface area (Å²) in [6.07, 6.45) is -3.84. The van der Waals surface area contributed by atoms with Crippen LogP contribution in [0.3, 0.4) is 0 Å². The molecular weight excluding hydrogens is 241 g/mol. The first kappa shape index (κ1) is 11.0. The fraction of sp³-hybridized carbons (Fsp3) is 0.0714. The lowest BCUT2D eigenvalue weighted by Gasteiger charge is -2.19. The van der Waals surface area contributed by atoms with Crippen LogP contribution in [0.1, 0.15) is 15.9 Å². The maximum Gasteiger partial charge on any atom is 0.417 e. The number of carbonyl (C=O) groups excluding carboxylic acids is 1. The molecule has 2 aromatic rings. The Labute approximate surface area is 101 Å². The van der Waals surface area contributed by atoms with Gasteiger partial charge in [0.1, 0.15) is 0 Å². The molecule has 0 heterocycles. The van der Waals surface area contributed by atoms with E-state index in [9.17, 15) is 18.0 Å². The van der Waals surface area contributed by atoms with E-state index in [2.05, 4.69) is 0 Å². The van der Waals surface area contributed by atoms with E-state index < -0.39 is 17.5 Å². The van der Waals surface area contributed by atoms with Crippen molar-refractivity contribution in [2.45, 2.75) is 6.18 Å². The van der Waals surface area contributed by atoms with Gasteiger partial charge in [0.25, 0.3) is 0 Å². The fourth-order valence-corrected chi connectivity index (χ4v) is 2.29. The fourth-order valence-electron chi connectivity index (χ4n) is 2.29. The molecule has 0 unspecified atom stereocenters. The van der Waals surface area contributed by atoms with Gasteiger partial charge in [0.15, 0.2) is 5.78 Å². The molecule has 0 N–H and O–H groups in total. The maximum atomic E-state index is 12.9. The van der Waals surface area contributed by atoms with E-state index >= 15 is 0 Å². The molecule has 4 heteroatoms. The van der Waals surface area contributed by atoms with Gasteiger partial charge in [-0.3, -0.25) is 4.79 Å². The molecule has 0 atom stereocenters. The van der Waals surface area contributed by atoms with Crippen LogP contribution < -0.4 is 0 Å². The minimum atomic E-state index is -4.52. The van der Waals surface area contributed by atoms with Gasteiger partial charge in [-0.15, -0.1) is 0 Å². The lowest BCUT2D eigenvalue weighted by Crippen LogP contribution is -2.16. The van der Waals surface area contributed by atoms with Crippen molar-refractivity contribution in [3.63, 3.8) is 0 Å². The van der Waals surface area contributed by atoms with E-state index in [1.54, 1.807) is 30.3 Å². The number of halogens is 3. The van der Waals surface area contributed by atoms with Crippen LogP contribution in [0, 0.1) is 0 Å². The predicted octanol–water partition coefficient (Wildman–Crippen LogP) is 3.98. The van der Waals surface area contributed by atoms with E-state index in [0.29, 0.717) is 22.4 Å². The monoisotopic (exact) mass is 248 g/mol. The van der Waals surface area contributed by atoms with Gasteiger partial charge < -0.3 is 0 Å². The Hall–Kier alpha value is -2.10. The van der Waals surface area contributed by atoms with Crippen molar-refractivity contribution < 1.29 is 18.0 Å². The molecular formula is C14H7F3O. The summed E-state index contributed by atoms with van der Waals surface area (Å²) in [5, 5.41) is 1.04. The number of hydrogen-bond donors (Lipinski definition) is 0. The van der Waals surface area contributed by atoms with Crippen LogP contribution in [0.2, 0.25) is 0 Å². The number of ketones is 1. The summed E-state index contributed by atoms with van der Waals surface area (Å²) in [4.78, 5) is 11.8. The van der Waals surface area contributed by atoms with E-state index in [1.807, 2.05) is 0 Å². The van der Waals surface area contributed by atoms with Crippen molar-refractivity contribution in [3.8, 4) is 0 Å². The molecule has 1 aliphatic carbocycles. The highest BCUT2D eigenvalue weighted by Gasteiger charge is 2.38. The highest BCUT2D eigenvalue weighted by Crippen LogP contribution is 2.41. The van der Waals surface area contributed by atoms with Crippen molar-refractivity contribution >= 4 is 22.1 Å². The van der Waals surface area contributed by atoms with Gasteiger partial charge in [0.2, 0.25) is 0 Å². The van der Waals surface area contributed by atoms with Crippen molar-refractivity contribution in [2.24, 2.45) is 0 Å². The van der Waals surface area contributed by atoms with E-state index in [0.717, 1.165) is 0 Å². The van der Waals surface area contributed by atoms with Crippen LogP contribution in [0.4, 0.5) is 13.2 Å². The molecule has 3 rings (SSSR count). The molecule has 0 bridgehead atoms. The zero-order chi connectivity index (χ0) is 12.9. The molecule has 1 nitrogen and oxygen atoms in total. The standard InChI is InChI=1S/C14H7F3O/c15-14(16,17)11-7-12(18)10-6-2-4-8-3-1-5-9(11)13(8)10/h1-7H. The zero-order valence-electron chi connectivity index (χ0n) is 9.08. The summed E-state index contributed by atoms with van der Waals surface area (Å²) in [6, 6.07) is 9.60. The second kappa shape index (κ2) is 3.45. The Morgan fingerprint density at radius 2 is 1.50 bits per heavy atom. The maximum absolute atomic E-state index is 12.9. The third-order valence-electron chi connectivity index (χ3n) is 3.04. The second-order valence-electron chi connectivity index (χ2n) is 4.13. The molecule has 0 saturated carbocycles. The molecule has 0 fully saturated rings. The smallest absolute Gasteiger partial charge is 0.289 e. The van der Waals surface area contributed by atoms with E-state index in [1.165, 1.54) is 6.07 Å². The van der Waals surface area contributed by atoms with Crippen molar-refractivity contribution in [3.05, 3.63) is 53.6 Å². The quantitative estimate of drug-likeness (QED) is 0.689. The largest absolute Gasteiger partial charge is 0.417 e. The Morgan fingerprint density at radius 1 is 0.889 bits per heavy atom. The number of benzene rings is 2. The lowest BCUT2D eigenvalue weighted by atomic mass is 9.87. The number of hydrogen-bond acceptors (Lipinski definition) is 1. The lowest BCUT2D eigenvalue weighted by molar-refractivity contribution is -0.0689. The van der Waals surface area contributed by atoms with Crippen molar-refractivity contribution in [1.82, 2.24) is 0 Å². The van der Waals surface area contributed by atoms with Gasteiger partial charge in [0, 0.05) is 10.9 Å². The zero-order valence-corrected chi connectivity index (χ0v) is 9.08. The molecule has 90 valence electrons. The van der Waals surface area contributed by atoms with Gasteiger partial charge in [0.05, 0.1) is 5.57 Å². The summed E-state index contributed by atoms with van der Waals surface area (Å²) >= 11 is 0. The molecule has 0 spiro atoms. The van der Waals surface area contributed by atoms with Crippen LogP contribution in [-0.4, -0.2) is 12.0 Å². The predicted molar refractivity (Wildman–Crippen MR) is 62.3 cm³/mol. The summed E-state index contributed by atoms with van der Waals surface area (Å²) < 4.78 is 38.7. The molecule has 18 heavy (non-hydrogen) atoms. The van der Waals surface area contributed by atoms with Crippen LogP contribution in [-0.2, 0) is 0 Å². The number of carbonyl (C=O) groups is 1. The average Bonchev–Trinajstić information content (AvgIpc) is 2.32. The molecule has 0 saturated heterocycles. The van der Waals surface area contributed by atoms with E-state index in [-0.39, 0.29) is 5.56 Å². The van der Waals surface area contributed by atoms with Gasteiger partial charge >= 0.3 is 6.18 Å². The Kier molecular flexibility index (Phi) is 2.11. The molecule has 0 radical (unpaired) electrons. The molecule has 1 aliphatic rings. The van der Waals surface area contributed by atoms with Crippen LogP contribution in [0.15, 0.2) is 42.5 Å². The van der Waals surface area contributed by atoms with Gasteiger partial charge in [-0.25, -0.2) is 0 Å². The van der Waals surface area contributed by atoms with Crippen LogP contribution in [0.25, 0.3) is 16.3 Å². The van der Waals surface area contributed by atoms with Gasteiger partial charge in [-0.1, -0.05) is 36.4 Å². The minimum absolute atomic E-state index is 0.0789. The number of alkyl halides is 3. The molecule has 2 aromatic carbocycles. The van der Waals surface area contributed by atoms with Gasteiger partial charge in [-0.2, -0.15) is 13.2 Å². The first-order valence-electron chi connectivity index (χ1n) is 5.34. The third kappa shape index (κ3) is 1.45. The summed E-state index contributed by atoms with van der Waals surface area (Å²) in [7, 11) is 0. The summed E-state index contributed by atoms with van der Waals surface area (Å²) in [5.41, 5.74) is -0.455. The molecule has 0 amide bonds. The number of allylic oxidation sites excluding steroid dienone is 2. The second-order valence-corrected chi connectivity index (χ2v) is 4.13. The average molecular weight is 248 g/mol. The Morgan fingerprint density at radius 3 is 2.11 bits per heavy atom. The van der Waals surface area contributed by atoms with Gasteiger partial charge in [-0.05, 0) is 17.0 Å². The van der Waals surface area contributed by atoms with Crippen LogP contribution in [0.5, 0.6) is 0 Å². The summed E-state index contributed by atoms with van der Waals surface area (Å²) in [5.74, 6) is -0.591. The van der Waals surface area contributed by atoms with Crippen LogP contribution >= 0.6 is 0 Å². The Bertz CT molecular complexity index is 690. The van der Waals surface area contributed by atoms with Crippen molar-refractivity contribution in [1.29, 1.82) is 0 Å². The first-order chi connectivity index (χ1) is 8.48. The summed E-state index contributed by atoms with van der Waals surface area (Å²) in [6.45, 7) is 0.